The smallest absolute Gasteiger partial charge is 0.223 e. The van der Waals surface area contributed by atoms with Crippen LogP contribution in [0.5, 0.6) is 0 Å². The highest BCUT2D eigenvalue weighted by Crippen LogP contribution is 2.56. The first-order valence-corrected chi connectivity index (χ1v) is 8.08. The SMILES string of the molecule is O=C1CC2CCCC(=O)C23C2CCCCC2CCN13. The molecule has 1 amide bonds. The molecule has 0 N–H and O–H groups in total. The van der Waals surface area contributed by atoms with E-state index in [2.05, 4.69) is 0 Å². The summed E-state index contributed by atoms with van der Waals surface area (Å²) in [5.74, 6) is 2.21. The van der Waals surface area contributed by atoms with Crippen LogP contribution in [0, 0.1) is 17.8 Å². The minimum Gasteiger partial charge on any atom is -0.329 e. The van der Waals surface area contributed by atoms with Gasteiger partial charge in [-0.3, -0.25) is 9.59 Å². The van der Waals surface area contributed by atoms with Crippen molar-refractivity contribution >= 4 is 11.7 Å². The third kappa shape index (κ3) is 1.39. The minimum atomic E-state index is -0.349. The second kappa shape index (κ2) is 4.07. The molecule has 3 heteroatoms. The normalized spacial score (nSPS) is 45.7. The minimum absolute atomic E-state index is 0.268. The van der Waals surface area contributed by atoms with E-state index in [1.165, 1.54) is 25.7 Å². The van der Waals surface area contributed by atoms with Gasteiger partial charge in [-0.2, -0.15) is 0 Å². The summed E-state index contributed by atoms with van der Waals surface area (Å²) in [5, 5.41) is 0. The number of Topliss-reactive ketones (excluding diaryl/α,β-unsaturated/α-hetero) is 1. The molecule has 4 unspecified atom stereocenters. The summed E-state index contributed by atoms with van der Waals surface area (Å²) in [6, 6.07) is 0. The van der Waals surface area contributed by atoms with Gasteiger partial charge in [-0.15, -0.1) is 0 Å². The van der Waals surface area contributed by atoms with Gasteiger partial charge in [0.25, 0.3) is 0 Å². The highest BCUT2D eigenvalue weighted by molar-refractivity contribution is 5.98. The fourth-order valence-electron chi connectivity index (χ4n) is 5.76. The van der Waals surface area contributed by atoms with Crippen LogP contribution in [-0.2, 0) is 9.59 Å². The number of fused-ring (bicyclic) bond motifs is 1. The topological polar surface area (TPSA) is 37.4 Å². The molecular formula is C16H23NO2. The number of ketones is 1. The van der Waals surface area contributed by atoms with E-state index in [-0.39, 0.29) is 11.4 Å². The summed E-state index contributed by atoms with van der Waals surface area (Å²) in [5.41, 5.74) is -0.349. The van der Waals surface area contributed by atoms with Gasteiger partial charge in [-0.1, -0.05) is 19.3 Å². The molecule has 1 spiro atoms. The molecule has 4 aliphatic rings. The standard InChI is InChI=1S/C16H23NO2/c18-14-7-3-5-12-10-15(19)17-9-8-11-4-1-2-6-13(11)16(12,14)17/h11-13H,1-10H2. The van der Waals surface area contributed by atoms with Gasteiger partial charge in [-0.05, 0) is 43.4 Å². The third-order valence-corrected chi connectivity index (χ3v) is 6.39. The Hall–Kier alpha value is -0.860. The Kier molecular flexibility index (Phi) is 2.55. The summed E-state index contributed by atoms with van der Waals surface area (Å²) in [4.78, 5) is 27.2. The maximum absolute atomic E-state index is 12.8. The van der Waals surface area contributed by atoms with Crippen molar-refractivity contribution in [2.45, 2.75) is 63.3 Å². The molecule has 2 saturated carbocycles. The lowest BCUT2D eigenvalue weighted by molar-refractivity contribution is -0.156. The summed E-state index contributed by atoms with van der Waals surface area (Å²) in [7, 11) is 0. The maximum atomic E-state index is 12.8. The average molecular weight is 261 g/mol. The van der Waals surface area contributed by atoms with Gasteiger partial charge in [0, 0.05) is 19.4 Å². The predicted octanol–water partition coefficient (Wildman–Crippen LogP) is 2.54. The van der Waals surface area contributed by atoms with Crippen LogP contribution in [0.3, 0.4) is 0 Å². The van der Waals surface area contributed by atoms with E-state index in [4.69, 9.17) is 0 Å². The molecule has 4 atom stereocenters. The van der Waals surface area contributed by atoms with E-state index in [0.29, 0.717) is 36.4 Å². The van der Waals surface area contributed by atoms with Crippen LogP contribution in [-0.4, -0.2) is 28.7 Å². The van der Waals surface area contributed by atoms with Gasteiger partial charge in [0.05, 0.1) is 0 Å². The molecule has 104 valence electrons. The van der Waals surface area contributed by atoms with Crippen LogP contribution >= 0.6 is 0 Å². The van der Waals surface area contributed by atoms with Crippen LogP contribution < -0.4 is 0 Å². The number of carbonyl (C=O) groups is 2. The number of piperidine rings is 1. The molecule has 4 rings (SSSR count). The number of amides is 1. The summed E-state index contributed by atoms with van der Waals surface area (Å²) >= 11 is 0. The van der Waals surface area contributed by atoms with Crippen molar-refractivity contribution in [2.24, 2.45) is 17.8 Å². The van der Waals surface area contributed by atoms with E-state index < -0.39 is 0 Å². The number of nitrogens with zero attached hydrogens (tertiary/aromatic N) is 1. The van der Waals surface area contributed by atoms with E-state index in [1.807, 2.05) is 4.90 Å². The Morgan fingerprint density at radius 1 is 1.00 bits per heavy atom. The molecule has 2 aliphatic heterocycles. The lowest BCUT2D eigenvalue weighted by atomic mass is 9.56. The quantitative estimate of drug-likeness (QED) is 0.672. The molecule has 0 radical (unpaired) electrons. The van der Waals surface area contributed by atoms with E-state index in [9.17, 15) is 9.59 Å². The number of hydrogen-bond donors (Lipinski definition) is 0. The van der Waals surface area contributed by atoms with Crippen molar-refractivity contribution in [1.82, 2.24) is 4.90 Å². The average Bonchev–Trinajstić information content (AvgIpc) is 2.74. The molecule has 19 heavy (non-hydrogen) atoms. The third-order valence-electron chi connectivity index (χ3n) is 6.39. The van der Waals surface area contributed by atoms with Crippen LogP contribution in [0.2, 0.25) is 0 Å². The van der Waals surface area contributed by atoms with Crippen LogP contribution in [0.4, 0.5) is 0 Å². The second-order valence-corrected chi connectivity index (χ2v) is 7.03. The zero-order valence-corrected chi connectivity index (χ0v) is 11.6. The van der Waals surface area contributed by atoms with Gasteiger partial charge in [0.2, 0.25) is 5.91 Å². The van der Waals surface area contributed by atoms with E-state index >= 15 is 0 Å². The first-order valence-electron chi connectivity index (χ1n) is 8.08. The van der Waals surface area contributed by atoms with Crippen LogP contribution in [0.1, 0.15) is 57.8 Å². The molecule has 2 aliphatic carbocycles. The van der Waals surface area contributed by atoms with Gasteiger partial charge in [0.15, 0.2) is 5.78 Å². The van der Waals surface area contributed by atoms with Gasteiger partial charge in [-0.25, -0.2) is 0 Å². The molecular weight excluding hydrogens is 238 g/mol. The molecule has 0 aromatic heterocycles. The molecule has 0 aromatic carbocycles. The largest absolute Gasteiger partial charge is 0.329 e. The van der Waals surface area contributed by atoms with Crippen molar-refractivity contribution in [1.29, 1.82) is 0 Å². The first kappa shape index (κ1) is 11.9. The molecule has 2 saturated heterocycles. The number of carbonyl (C=O) groups excluding carboxylic acids is 2. The Morgan fingerprint density at radius 2 is 1.84 bits per heavy atom. The summed E-state index contributed by atoms with van der Waals surface area (Å²) in [6.07, 6.45) is 9.64. The Morgan fingerprint density at radius 3 is 2.74 bits per heavy atom. The summed E-state index contributed by atoms with van der Waals surface area (Å²) in [6.45, 7) is 0.849. The first-order chi connectivity index (χ1) is 9.24. The maximum Gasteiger partial charge on any atom is 0.223 e. The van der Waals surface area contributed by atoms with Gasteiger partial charge < -0.3 is 4.90 Å². The second-order valence-electron chi connectivity index (χ2n) is 7.03. The zero-order chi connectivity index (χ0) is 13.0. The Balaban J connectivity index is 1.82. The number of rotatable bonds is 0. The van der Waals surface area contributed by atoms with Crippen molar-refractivity contribution in [2.75, 3.05) is 6.54 Å². The zero-order valence-electron chi connectivity index (χ0n) is 11.6. The van der Waals surface area contributed by atoms with Crippen LogP contribution in [0.15, 0.2) is 0 Å². The molecule has 2 heterocycles. The van der Waals surface area contributed by atoms with E-state index in [0.717, 1.165) is 25.8 Å². The highest BCUT2D eigenvalue weighted by atomic mass is 16.2. The summed E-state index contributed by atoms with van der Waals surface area (Å²) < 4.78 is 0. The van der Waals surface area contributed by atoms with Crippen molar-refractivity contribution in [3.63, 3.8) is 0 Å². The van der Waals surface area contributed by atoms with Gasteiger partial charge in [0.1, 0.15) is 5.54 Å². The fraction of sp³-hybridized carbons (Fsp3) is 0.875. The monoisotopic (exact) mass is 261 g/mol. The van der Waals surface area contributed by atoms with Crippen molar-refractivity contribution in [3.05, 3.63) is 0 Å². The predicted molar refractivity (Wildman–Crippen MR) is 71.5 cm³/mol. The lowest BCUT2D eigenvalue weighted by Crippen LogP contribution is -2.66. The van der Waals surface area contributed by atoms with E-state index in [1.54, 1.807) is 0 Å². The van der Waals surface area contributed by atoms with Gasteiger partial charge >= 0.3 is 0 Å². The lowest BCUT2D eigenvalue weighted by Gasteiger charge is -2.56. The fourth-order valence-corrected chi connectivity index (χ4v) is 5.76. The van der Waals surface area contributed by atoms with Crippen molar-refractivity contribution < 1.29 is 9.59 Å². The molecule has 0 aromatic rings. The number of hydrogen-bond acceptors (Lipinski definition) is 2. The molecule has 0 bridgehead atoms. The highest BCUT2D eigenvalue weighted by Gasteiger charge is 2.64. The van der Waals surface area contributed by atoms with Crippen LogP contribution in [0.25, 0.3) is 0 Å². The molecule has 3 nitrogen and oxygen atoms in total. The molecule has 4 fully saturated rings. The Bertz CT molecular complexity index is 432. The Labute approximate surface area is 114 Å². The van der Waals surface area contributed by atoms with Crippen molar-refractivity contribution in [3.8, 4) is 0 Å².